The average Bonchev–Trinajstić information content (AvgIpc) is 2.37. The number of aliphatic hydroxyl groups excluding tert-OH is 1. The molecule has 1 fully saturated rings. The van der Waals surface area contributed by atoms with E-state index in [9.17, 15) is 8.78 Å². The topological polar surface area (TPSA) is 23.5 Å². The van der Waals surface area contributed by atoms with Crippen LogP contribution in [0.1, 0.15) is 18.9 Å². The molecule has 0 unspecified atom stereocenters. The normalized spacial score (nSPS) is 27.4. The molecule has 1 aliphatic heterocycles. The van der Waals surface area contributed by atoms with Crippen molar-refractivity contribution in [3.8, 4) is 0 Å². The van der Waals surface area contributed by atoms with Crippen molar-refractivity contribution in [1.29, 1.82) is 0 Å². The maximum absolute atomic E-state index is 14.0. The molecule has 0 saturated carbocycles. The number of aliphatic hydroxyl groups is 1. The van der Waals surface area contributed by atoms with Crippen LogP contribution in [0.15, 0.2) is 30.3 Å². The van der Waals surface area contributed by atoms with Gasteiger partial charge in [0.15, 0.2) is 0 Å². The van der Waals surface area contributed by atoms with Gasteiger partial charge in [-0.25, -0.2) is 8.78 Å². The van der Waals surface area contributed by atoms with Crippen molar-refractivity contribution in [2.75, 3.05) is 19.7 Å². The molecular formula is C15H21F2NO. The average molecular weight is 269 g/mol. The molecule has 2 rings (SSSR count). The zero-order valence-corrected chi connectivity index (χ0v) is 11.2. The first-order valence-corrected chi connectivity index (χ1v) is 6.79. The molecular weight excluding hydrogens is 248 g/mol. The second kappa shape index (κ2) is 5.97. The minimum absolute atomic E-state index is 0.169. The van der Waals surface area contributed by atoms with Gasteiger partial charge in [-0.2, -0.15) is 0 Å². The summed E-state index contributed by atoms with van der Waals surface area (Å²) in [5, 5.41) is 8.96. The number of rotatable bonds is 4. The molecule has 0 radical (unpaired) electrons. The van der Waals surface area contributed by atoms with E-state index in [1.54, 1.807) is 6.92 Å². The van der Waals surface area contributed by atoms with E-state index < -0.39 is 17.8 Å². The van der Waals surface area contributed by atoms with Gasteiger partial charge in [0.2, 0.25) is 0 Å². The SMILES string of the molecule is C[C@H]1CN(Cc2ccccc2)C[C@@H](CCO)C1(F)F. The van der Waals surface area contributed by atoms with Crippen LogP contribution in [-0.4, -0.2) is 35.6 Å². The van der Waals surface area contributed by atoms with Crippen molar-refractivity contribution in [1.82, 2.24) is 4.90 Å². The molecule has 0 aliphatic carbocycles. The minimum atomic E-state index is -2.67. The van der Waals surface area contributed by atoms with Crippen molar-refractivity contribution >= 4 is 0 Å². The molecule has 19 heavy (non-hydrogen) atoms. The molecule has 1 N–H and O–H groups in total. The first-order chi connectivity index (χ1) is 9.04. The van der Waals surface area contributed by atoms with E-state index in [4.69, 9.17) is 5.11 Å². The number of alkyl halides is 2. The van der Waals surface area contributed by atoms with Gasteiger partial charge in [-0.15, -0.1) is 0 Å². The molecule has 4 heteroatoms. The van der Waals surface area contributed by atoms with Crippen LogP contribution in [0.4, 0.5) is 8.78 Å². The maximum atomic E-state index is 14.0. The molecule has 1 saturated heterocycles. The monoisotopic (exact) mass is 269 g/mol. The minimum Gasteiger partial charge on any atom is -0.396 e. The second-order valence-corrected chi connectivity index (χ2v) is 5.46. The van der Waals surface area contributed by atoms with Gasteiger partial charge in [0, 0.05) is 38.1 Å². The van der Waals surface area contributed by atoms with Gasteiger partial charge in [0.05, 0.1) is 0 Å². The third-order valence-corrected chi connectivity index (χ3v) is 3.94. The summed E-state index contributed by atoms with van der Waals surface area (Å²) in [6.07, 6.45) is 0.169. The van der Waals surface area contributed by atoms with Gasteiger partial charge in [0.1, 0.15) is 0 Å². The Kier molecular flexibility index (Phi) is 4.53. The first-order valence-electron chi connectivity index (χ1n) is 6.79. The predicted molar refractivity (Wildman–Crippen MR) is 71.0 cm³/mol. The molecule has 2 nitrogen and oxygen atoms in total. The van der Waals surface area contributed by atoms with Crippen molar-refractivity contribution in [2.45, 2.75) is 25.8 Å². The fraction of sp³-hybridized carbons (Fsp3) is 0.600. The quantitative estimate of drug-likeness (QED) is 0.908. The third kappa shape index (κ3) is 3.31. The molecule has 1 heterocycles. The summed E-state index contributed by atoms with van der Waals surface area (Å²) < 4.78 is 28.0. The number of piperidine rings is 1. The molecule has 0 spiro atoms. The summed E-state index contributed by atoms with van der Waals surface area (Å²) in [6, 6.07) is 9.90. The number of hydrogen-bond acceptors (Lipinski definition) is 2. The van der Waals surface area contributed by atoms with E-state index in [1.165, 1.54) is 0 Å². The van der Waals surface area contributed by atoms with E-state index in [0.29, 0.717) is 19.6 Å². The lowest BCUT2D eigenvalue weighted by Gasteiger charge is -2.42. The highest BCUT2D eigenvalue weighted by atomic mass is 19.3. The van der Waals surface area contributed by atoms with E-state index >= 15 is 0 Å². The Morgan fingerprint density at radius 3 is 2.58 bits per heavy atom. The zero-order valence-electron chi connectivity index (χ0n) is 11.2. The van der Waals surface area contributed by atoms with E-state index in [2.05, 4.69) is 4.90 Å². The van der Waals surface area contributed by atoms with E-state index in [-0.39, 0.29) is 13.0 Å². The van der Waals surface area contributed by atoms with Gasteiger partial charge in [-0.3, -0.25) is 4.90 Å². The van der Waals surface area contributed by atoms with Crippen LogP contribution in [0, 0.1) is 11.8 Å². The first kappa shape index (κ1) is 14.4. The highest BCUT2D eigenvalue weighted by Crippen LogP contribution is 2.39. The molecule has 1 aromatic carbocycles. The number of benzene rings is 1. The Hall–Kier alpha value is -1.00. The third-order valence-electron chi connectivity index (χ3n) is 3.94. The summed E-state index contributed by atoms with van der Waals surface area (Å²) in [4.78, 5) is 2.07. The largest absolute Gasteiger partial charge is 0.396 e. The highest BCUT2D eigenvalue weighted by molar-refractivity contribution is 5.14. The van der Waals surface area contributed by atoms with Crippen molar-refractivity contribution in [2.24, 2.45) is 11.8 Å². The van der Waals surface area contributed by atoms with E-state index in [1.807, 2.05) is 30.3 Å². The number of halogens is 2. The summed E-state index contributed by atoms with van der Waals surface area (Å²) in [6.45, 7) is 2.88. The van der Waals surface area contributed by atoms with Crippen LogP contribution >= 0.6 is 0 Å². The zero-order chi connectivity index (χ0) is 13.9. The van der Waals surface area contributed by atoms with Crippen LogP contribution in [0.25, 0.3) is 0 Å². The molecule has 2 atom stereocenters. The van der Waals surface area contributed by atoms with Crippen LogP contribution in [-0.2, 0) is 6.54 Å². The molecule has 1 aromatic rings. The smallest absolute Gasteiger partial charge is 0.255 e. The summed E-state index contributed by atoms with van der Waals surface area (Å²) in [7, 11) is 0. The van der Waals surface area contributed by atoms with Crippen LogP contribution in [0.3, 0.4) is 0 Å². The Labute approximate surface area is 113 Å². The highest BCUT2D eigenvalue weighted by Gasteiger charge is 2.48. The molecule has 0 bridgehead atoms. The second-order valence-electron chi connectivity index (χ2n) is 5.46. The fourth-order valence-electron chi connectivity index (χ4n) is 2.83. The summed E-state index contributed by atoms with van der Waals surface area (Å²) >= 11 is 0. The van der Waals surface area contributed by atoms with Crippen LogP contribution in [0.5, 0.6) is 0 Å². The number of hydrogen-bond donors (Lipinski definition) is 1. The van der Waals surface area contributed by atoms with Crippen molar-refractivity contribution in [3.63, 3.8) is 0 Å². The van der Waals surface area contributed by atoms with E-state index in [0.717, 1.165) is 5.56 Å². The van der Waals surface area contributed by atoms with Gasteiger partial charge in [-0.1, -0.05) is 37.3 Å². The number of likely N-dealkylation sites (tertiary alicyclic amines) is 1. The molecule has 0 amide bonds. The fourth-order valence-corrected chi connectivity index (χ4v) is 2.83. The molecule has 106 valence electrons. The maximum Gasteiger partial charge on any atom is 0.255 e. The van der Waals surface area contributed by atoms with Crippen LogP contribution < -0.4 is 0 Å². The van der Waals surface area contributed by atoms with Crippen LogP contribution in [0.2, 0.25) is 0 Å². The summed E-state index contributed by atoms with van der Waals surface area (Å²) in [5.74, 6) is -4.08. The Balaban J connectivity index is 2.04. The predicted octanol–water partition coefficient (Wildman–Crippen LogP) is 2.77. The van der Waals surface area contributed by atoms with Gasteiger partial charge < -0.3 is 5.11 Å². The van der Waals surface area contributed by atoms with Gasteiger partial charge >= 0.3 is 0 Å². The van der Waals surface area contributed by atoms with Gasteiger partial charge in [-0.05, 0) is 12.0 Å². The Bertz CT molecular complexity index is 396. The molecule has 1 aliphatic rings. The van der Waals surface area contributed by atoms with Crippen molar-refractivity contribution < 1.29 is 13.9 Å². The Morgan fingerprint density at radius 1 is 1.26 bits per heavy atom. The Morgan fingerprint density at radius 2 is 1.95 bits per heavy atom. The summed E-state index contributed by atoms with van der Waals surface area (Å²) in [5.41, 5.74) is 1.14. The lowest BCUT2D eigenvalue weighted by molar-refractivity contribution is -0.150. The standard InChI is InChI=1S/C15H21F2NO/c1-12-9-18(10-13-5-3-2-4-6-13)11-14(7-8-19)15(12,16)17/h2-6,12,14,19H,7-11H2,1H3/t12-,14+/m0/s1. The van der Waals surface area contributed by atoms with Gasteiger partial charge in [0.25, 0.3) is 5.92 Å². The van der Waals surface area contributed by atoms with Crippen molar-refractivity contribution in [3.05, 3.63) is 35.9 Å². The lowest BCUT2D eigenvalue weighted by Crippen LogP contribution is -2.52. The lowest BCUT2D eigenvalue weighted by atomic mass is 9.84. The number of nitrogens with zero attached hydrogens (tertiary/aromatic N) is 1. The molecule has 0 aromatic heterocycles.